The Balaban J connectivity index is 2.05. The number of benzene rings is 1. The lowest BCUT2D eigenvalue weighted by atomic mass is 10.1. The van der Waals surface area contributed by atoms with E-state index in [1.165, 1.54) is 6.07 Å². The molecule has 3 rings (SSSR count). The average molecular weight is 308 g/mol. The molecule has 0 radical (unpaired) electrons. The molecule has 6 heteroatoms. The van der Waals surface area contributed by atoms with Crippen LogP contribution in [0.4, 0.5) is 5.69 Å². The monoisotopic (exact) mass is 308 g/mol. The van der Waals surface area contributed by atoms with Crippen molar-refractivity contribution >= 4 is 5.69 Å². The Hall–Kier alpha value is -3.15. The van der Waals surface area contributed by atoms with Gasteiger partial charge in [0, 0.05) is 17.8 Å². The molecule has 0 spiro atoms. The highest BCUT2D eigenvalue weighted by Gasteiger charge is 2.09. The van der Waals surface area contributed by atoms with E-state index >= 15 is 0 Å². The van der Waals surface area contributed by atoms with Crippen molar-refractivity contribution in [3.8, 4) is 28.5 Å². The number of aromatic amines is 1. The van der Waals surface area contributed by atoms with E-state index in [-0.39, 0.29) is 5.56 Å². The van der Waals surface area contributed by atoms with Crippen molar-refractivity contribution in [2.75, 3.05) is 12.3 Å². The molecule has 0 unspecified atom stereocenters. The number of H-pyrrole nitrogens is 1. The van der Waals surface area contributed by atoms with Crippen LogP contribution in [0.2, 0.25) is 0 Å². The second-order valence-corrected chi connectivity index (χ2v) is 4.88. The number of pyridine rings is 1. The lowest BCUT2D eigenvalue weighted by Crippen LogP contribution is -2.09. The summed E-state index contributed by atoms with van der Waals surface area (Å²) >= 11 is 0. The maximum atomic E-state index is 11.9. The number of anilines is 1. The quantitative estimate of drug-likeness (QED) is 0.722. The van der Waals surface area contributed by atoms with Crippen LogP contribution in [0.3, 0.4) is 0 Å². The molecule has 0 amide bonds. The van der Waals surface area contributed by atoms with Crippen LogP contribution in [0.1, 0.15) is 6.92 Å². The molecular formula is C17H16N4O2. The Morgan fingerprint density at radius 1 is 1.17 bits per heavy atom. The molecule has 0 bridgehead atoms. The first kappa shape index (κ1) is 14.8. The minimum atomic E-state index is -0.247. The van der Waals surface area contributed by atoms with Gasteiger partial charge in [0.15, 0.2) is 5.82 Å². The summed E-state index contributed by atoms with van der Waals surface area (Å²) in [6.07, 6.45) is 1.65. The Labute approximate surface area is 133 Å². The Kier molecular flexibility index (Phi) is 4.05. The number of hydrogen-bond acceptors (Lipinski definition) is 5. The van der Waals surface area contributed by atoms with Gasteiger partial charge in [0.2, 0.25) is 0 Å². The molecule has 0 atom stereocenters. The first-order chi connectivity index (χ1) is 11.2. The fraction of sp³-hybridized carbons (Fsp3) is 0.118. The number of rotatable bonds is 4. The first-order valence-corrected chi connectivity index (χ1v) is 7.23. The fourth-order valence-corrected chi connectivity index (χ4v) is 2.22. The predicted octanol–water partition coefficient (Wildman–Crippen LogP) is 2.48. The van der Waals surface area contributed by atoms with Crippen LogP contribution in [0.15, 0.2) is 53.5 Å². The lowest BCUT2D eigenvalue weighted by molar-refractivity contribution is 0.342. The van der Waals surface area contributed by atoms with Crippen LogP contribution in [0, 0.1) is 0 Å². The van der Waals surface area contributed by atoms with Crippen LogP contribution >= 0.6 is 0 Å². The maximum Gasteiger partial charge on any atom is 0.251 e. The molecule has 0 aliphatic rings. The molecule has 0 aliphatic carbocycles. The predicted molar refractivity (Wildman–Crippen MR) is 89.1 cm³/mol. The molecule has 23 heavy (non-hydrogen) atoms. The summed E-state index contributed by atoms with van der Waals surface area (Å²) < 4.78 is 5.42. The van der Waals surface area contributed by atoms with Crippen LogP contribution in [0.5, 0.6) is 5.75 Å². The number of nitrogens with zero attached hydrogens (tertiary/aromatic N) is 2. The molecule has 0 fully saturated rings. The molecule has 0 aliphatic heterocycles. The standard InChI is InChI=1S/C17H16N4O2/c1-2-23-15-7-6-11(9-12(15)18)14-10-16(22)21-17(20-14)13-5-3-4-8-19-13/h3-10H,2,18H2,1H3,(H,20,21,22). The third kappa shape index (κ3) is 3.21. The van der Waals surface area contributed by atoms with Gasteiger partial charge in [0.1, 0.15) is 11.4 Å². The molecule has 0 saturated heterocycles. The minimum Gasteiger partial charge on any atom is -0.492 e. The molecule has 2 heterocycles. The van der Waals surface area contributed by atoms with Crippen LogP contribution in [-0.4, -0.2) is 21.6 Å². The van der Waals surface area contributed by atoms with Gasteiger partial charge >= 0.3 is 0 Å². The van der Waals surface area contributed by atoms with Crippen molar-refractivity contribution in [2.24, 2.45) is 0 Å². The minimum absolute atomic E-state index is 0.247. The Morgan fingerprint density at radius 3 is 2.74 bits per heavy atom. The topological polar surface area (TPSA) is 93.9 Å². The highest BCUT2D eigenvalue weighted by Crippen LogP contribution is 2.27. The largest absolute Gasteiger partial charge is 0.492 e. The highest BCUT2D eigenvalue weighted by atomic mass is 16.5. The van der Waals surface area contributed by atoms with Crippen molar-refractivity contribution in [3.05, 3.63) is 59.0 Å². The van der Waals surface area contributed by atoms with Gasteiger partial charge in [0.25, 0.3) is 5.56 Å². The zero-order valence-corrected chi connectivity index (χ0v) is 12.6. The fourth-order valence-electron chi connectivity index (χ4n) is 2.22. The Bertz CT molecular complexity index is 875. The summed E-state index contributed by atoms with van der Waals surface area (Å²) in [5.74, 6) is 1.03. The molecule has 116 valence electrons. The smallest absolute Gasteiger partial charge is 0.251 e. The number of aromatic nitrogens is 3. The summed E-state index contributed by atoms with van der Waals surface area (Å²) in [5.41, 5.74) is 8.12. The molecule has 1 aromatic carbocycles. The molecule has 0 saturated carbocycles. The second-order valence-electron chi connectivity index (χ2n) is 4.88. The maximum absolute atomic E-state index is 11.9. The SMILES string of the molecule is CCOc1ccc(-c2cc(=O)[nH]c(-c3ccccn3)n2)cc1N. The van der Waals surface area contributed by atoms with E-state index < -0.39 is 0 Å². The lowest BCUT2D eigenvalue weighted by Gasteiger charge is -2.09. The van der Waals surface area contributed by atoms with Gasteiger partial charge in [-0.2, -0.15) is 0 Å². The summed E-state index contributed by atoms with van der Waals surface area (Å²) in [6.45, 7) is 2.43. The van der Waals surface area contributed by atoms with Crippen molar-refractivity contribution in [1.82, 2.24) is 15.0 Å². The van der Waals surface area contributed by atoms with E-state index in [1.807, 2.05) is 19.1 Å². The first-order valence-electron chi connectivity index (χ1n) is 7.23. The number of hydrogen-bond donors (Lipinski definition) is 2. The van der Waals surface area contributed by atoms with E-state index in [4.69, 9.17) is 10.5 Å². The van der Waals surface area contributed by atoms with Crippen molar-refractivity contribution in [3.63, 3.8) is 0 Å². The van der Waals surface area contributed by atoms with E-state index in [9.17, 15) is 4.79 Å². The molecular weight excluding hydrogens is 292 g/mol. The summed E-state index contributed by atoms with van der Waals surface area (Å²) in [4.78, 5) is 23.3. The van der Waals surface area contributed by atoms with Crippen molar-refractivity contribution < 1.29 is 4.74 Å². The summed E-state index contributed by atoms with van der Waals surface area (Å²) in [6, 6.07) is 12.2. The normalized spacial score (nSPS) is 10.5. The van der Waals surface area contributed by atoms with Gasteiger partial charge in [0.05, 0.1) is 18.0 Å². The molecule has 3 aromatic rings. The average Bonchev–Trinajstić information content (AvgIpc) is 2.57. The van der Waals surface area contributed by atoms with Gasteiger partial charge in [-0.1, -0.05) is 6.07 Å². The van der Waals surface area contributed by atoms with E-state index in [1.54, 1.807) is 30.5 Å². The van der Waals surface area contributed by atoms with E-state index in [2.05, 4.69) is 15.0 Å². The summed E-state index contributed by atoms with van der Waals surface area (Å²) in [7, 11) is 0. The molecule has 6 nitrogen and oxygen atoms in total. The number of nitrogens with one attached hydrogen (secondary N) is 1. The molecule has 2 aromatic heterocycles. The molecule has 3 N–H and O–H groups in total. The van der Waals surface area contributed by atoms with E-state index in [0.717, 1.165) is 5.56 Å². The van der Waals surface area contributed by atoms with Gasteiger partial charge in [-0.3, -0.25) is 9.78 Å². The number of ether oxygens (including phenoxy) is 1. The summed E-state index contributed by atoms with van der Waals surface area (Å²) in [5, 5.41) is 0. The second kappa shape index (κ2) is 6.31. The zero-order chi connectivity index (χ0) is 16.2. The third-order valence-corrected chi connectivity index (χ3v) is 3.25. The van der Waals surface area contributed by atoms with Gasteiger partial charge < -0.3 is 15.5 Å². The number of nitrogen functional groups attached to an aromatic ring is 1. The zero-order valence-electron chi connectivity index (χ0n) is 12.6. The van der Waals surface area contributed by atoms with Gasteiger partial charge in [-0.25, -0.2) is 4.98 Å². The van der Waals surface area contributed by atoms with Gasteiger partial charge in [-0.05, 0) is 37.3 Å². The van der Waals surface area contributed by atoms with Gasteiger partial charge in [-0.15, -0.1) is 0 Å². The number of nitrogens with two attached hydrogens (primary N) is 1. The third-order valence-electron chi connectivity index (χ3n) is 3.25. The highest BCUT2D eigenvalue weighted by molar-refractivity contribution is 5.69. The van der Waals surface area contributed by atoms with Crippen LogP contribution in [-0.2, 0) is 0 Å². The van der Waals surface area contributed by atoms with Crippen LogP contribution < -0.4 is 16.0 Å². The van der Waals surface area contributed by atoms with Crippen molar-refractivity contribution in [1.29, 1.82) is 0 Å². The van der Waals surface area contributed by atoms with Crippen molar-refractivity contribution in [2.45, 2.75) is 6.92 Å². The van der Waals surface area contributed by atoms with E-state index in [0.29, 0.717) is 35.3 Å². The van der Waals surface area contributed by atoms with Crippen LogP contribution in [0.25, 0.3) is 22.8 Å². The Morgan fingerprint density at radius 2 is 2.04 bits per heavy atom.